The van der Waals surface area contributed by atoms with Crippen molar-refractivity contribution in [1.82, 2.24) is 20.6 Å². The molecule has 132 valence electrons. The lowest BCUT2D eigenvalue weighted by atomic mass is 10.2. The molecular formula is C14H16N6O5. The first-order valence-corrected chi connectivity index (χ1v) is 7.00. The Bertz CT molecular complexity index is 888. The number of aromatic nitrogens is 3. The summed E-state index contributed by atoms with van der Waals surface area (Å²) in [5.41, 5.74) is 1.41. The van der Waals surface area contributed by atoms with E-state index in [-0.39, 0.29) is 12.4 Å². The van der Waals surface area contributed by atoms with Crippen LogP contribution in [0, 0.1) is 0 Å². The number of benzene rings is 1. The highest BCUT2D eigenvalue weighted by Gasteiger charge is 2.06. The summed E-state index contributed by atoms with van der Waals surface area (Å²) in [6.07, 6.45) is 1.39. The molecule has 25 heavy (non-hydrogen) atoms. The van der Waals surface area contributed by atoms with Crippen molar-refractivity contribution in [2.24, 2.45) is 5.10 Å². The van der Waals surface area contributed by atoms with E-state index < -0.39 is 17.2 Å². The standard InChI is InChI=1S/C14H16N6O5/c1-24-9-3-4-10(25-2)8(5-9)6-16-18-11(21)7-15-12-13(22)17-14(23)20-19-12/h3-6H,7H2,1-2H3,(H,15,19)(H,18,21)(H2,17,20,22,23)/b16-6+. The van der Waals surface area contributed by atoms with Crippen molar-refractivity contribution in [3.8, 4) is 11.5 Å². The number of rotatable bonds is 7. The molecule has 2 aromatic rings. The molecule has 0 fully saturated rings. The quantitative estimate of drug-likeness (QED) is 0.371. The maximum absolute atomic E-state index is 11.7. The molecule has 0 unspecified atom stereocenters. The molecule has 11 heteroatoms. The fourth-order valence-electron chi connectivity index (χ4n) is 1.79. The van der Waals surface area contributed by atoms with Gasteiger partial charge in [-0.1, -0.05) is 0 Å². The summed E-state index contributed by atoms with van der Waals surface area (Å²) in [6.45, 7) is -0.269. The zero-order valence-corrected chi connectivity index (χ0v) is 13.5. The van der Waals surface area contributed by atoms with Crippen molar-refractivity contribution >= 4 is 17.9 Å². The van der Waals surface area contributed by atoms with E-state index in [4.69, 9.17) is 9.47 Å². The molecule has 2 rings (SSSR count). The fraction of sp³-hybridized carbons (Fsp3) is 0.214. The van der Waals surface area contributed by atoms with Gasteiger partial charge < -0.3 is 14.8 Å². The third-order valence-corrected chi connectivity index (χ3v) is 2.96. The van der Waals surface area contributed by atoms with E-state index in [9.17, 15) is 14.4 Å². The van der Waals surface area contributed by atoms with Gasteiger partial charge in [0.25, 0.3) is 11.5 Å². The van der Waals surface area contributed by atoms with Gasteiger partial charge >= 0.3 is 5.69 Å². The van der Waals surface area contributed by atoms with Crippen LogP contribution in [0.15, 0.2) is 32.9 Å². The van der Waals surface area contributed by atoms with Gasteiger partial charge in [-0.3, -0.25) is 14.6 Å². The minimum atomic E-state index is -0.739. The topological polar surface area (TPSA) is 151 Å². The molecule has 0 atom stereocenters. The van der Waals surface area contributed by atoms with E-state index in [0.29, 0.717) is 17.1 Å². The summed E-state index contributed by atoms with van der Waals surface area (Å²) in [6, 6.07) is 5.13. The SMILES string of the molecule is COc1ccc(OC)c(/C=N/NC(=O)CNc2n[nH]c(=O)[nH]c2=O)c1. The molecule has 1 heterocycles. The van der Waals surface area contributed by atoms with Crippen LogP contribution in [-0.4, -0.2) is 48.1 Å². The predicted octanol–water partition coefficient (Wildman–Crippen LogP) is -0.962. The van der Waals surface area contributed by atoms with E-state index in [1.807, 2.05) is 10.1 Å². The highest BCUT2D eigenvalue weighted by molar-refractivity contribution is 5.86. The van der Waals surface area contributed by atoms with Crippen molar-refractivity contribution in [3.05, 3.63) is 44.6 Å². The Kier molecular flexibility index (Phi) is 5.87. The van der Waals surface area contributed by atoms with Crippen LogP contribution in [0.25, 0.3) is 0 Å². The summed E-state index contributed by atoms with van der Waals surface area (Å²) in [5.74, 6) is 0.457. The average molecular weight is 348 g/mol. The van der Waals surface area contributed by atoms with Gasteiger partial charge in [0.05, 0.1) is 27.0 Å². The Morgan fingerprint density at radius 1 is 1.32 bits per heavy atom. The Morgan fingerprint density at radius 3 is 2.80 bits per heavy atom. The number of amides is 1. The Balaban J connectivity index is 1.94. The van der Waals surface area contributed by atoms with Gasteiger partial charge in [0.2, 0.25) is 5.82 Å². The maximum atomic E-state index is 11.7. The van der Waals surface area contributed by atoms with E-state index in [1.54, 1.807) is 18.2 Å². The second-order valence-corrected chi connectivity index (χ2v) is 4.61. The molecule has 0 saturated heterocycles. The van der Waals surface area contributed by atoms with Gasteiger partial charge in [-0.2, -0.15) is 5.10 Å². The number of H-pyrrole nitrogens is 2. The summed E-state index contributed by atoms with van der Waals surface area (Å²) in [4.78, 5) is 35.9. The van der Waals surface area contributed by atoms with Gasteiger partial charge in [-0.15, -0.1) is 5.10 Å². The van der Waals surface area contributed by atoms with Crippen LogP contribution < -0.4 is 31.5 Å². The number of hydrazone groups is 1. The van der Waals surface area contributed by atoms with E-state index >= 15 is 0 Å². The molecule has 0 aliphatic rings. The first kappa shape index (κ1) is 17.7. The number of aromatic amines is 2. The number of nitrogens with one attached hydrogen (secondary N) is 4. The molecule has 0 saturated carbocycles. The number of hydrogen-bond donors (Lipinski definition) is 4. The minimum Gasteiger partial charge on any atom is -0.497 e. The number of carbonyl (C=O) groups is 1. The smallest absolute Gasteiger partial charge is 0.342 e. The largest absolute Gasteiger partial charge is 0.497 e. The third kappa shape index (κ3) is 4.92. The molecule has 1 aromatic heterocycles. The van der Waals surface area contributed by atoms with Gasteiger partial charge in [-0.25, -0.2) is 15.3 Å². The molecule has 0 aliphatic carbocycles. The van der Waals surface area contributed by atoms with Crippen molar-refractivity contribution < 1.29 is 14.3 Å². The molecule has 4 N–H and O–H groups in total. The van der Waals surface area contributed by atoms with Gasteiger partial charge in [-0.05, 0) is 18.2 Å². The van der Waals surface area contributed by atoms with E-state index in [0.717, 1.165) is 0 Å². The van der Waals surface area contributed by atoms with Crippen LogP contribution in [0.3, 0.4) is 0 Å². The Morgan fingerprint density at radius 2 is 2.12 bits per heavy atom. The highest BCUT2D eigenvalue weighted by atomic mass is 16.5. The first-order chi connectivity index (χ1) is 12.0. The summed E-state index contributed by atoms with van der Waals surface area (Å²) in [7, 11) is 3.04. The predicted molar refractivity (Wildman–Crippen MR) is 89.3 cm³/mol. The van der Waals surface area contributed by atoms with Crippen molar-refractivity contribution in [3.63, 3.8) is 0 Å². The monoisotopic (exact) mass is 348 g/mol. The van der Waals surface area contributed by atoms with Crippen LogP contribution in [-0.2, 0) is 4.79 Å². The summed E-state index contributed by atoms with van der Waals surface area (Å²) in [5, 5.41) is 11.8. The van der Waals surface area contributed by atoms with Crippen LogP contribution >= 0.6 is 0 Å². The number of carbonyl (C=O) groups excluding carboxylic acids is 1. The van der Waals surface area contributed by atoms with Crippen molar-refractivity contribution in [1.29, 1.82) is 0 Å². The Labute approximate surface area is 141 Å². The average Bonchev–Trinajstić information content (AvgIpc) is 2.60. The molecule has 11 nitrogen and oxygen atoms in total. The number of hydrogen-bond acceptors (Lipinski definition) is 8. The van der Waals surface area contributed by atoms with Crippen LogP contribution in [0.4, 0.5) is 5.82 Å². The van der Waals surface area contributed by atoms with Crippen molar-refractivity contribution in [2.75, 3.05) is 26.1 Å². The second kappa shape index (κ2) is 8.29. The van der Waals surface area contributed by atoms with Crippen LogP contribution in [0.1, 0.15) is 5.56 Å². The molecule has 1 aromatic carbocycles. The number of nitrogens with zero attached hydrogens (tertiary/aromatic N) is 2. The fourth-order valence-corrected chi connectivity index (χ4v) is 1.79. The molecule has 0 radical (unpaired) electrons. The van der Waals surface area contributed by atoms with Gasteiger partial charge in [0, 0.05) is 5.56 Å². The summed E-state index contributed by atoms with van der Waals surface area (Å²) >= 11 is 0. The van der Waals surface area contributed by atoms with Crippen LogP contribution in [0.2, 0.25) is 0 Å². The molecule has 1 amide bonds. The molecule has 0 aliphatic heterocycles. The zero-order chi connectivity index (χ0) is 18.2. The zero-order valence-electron chi connectivity index (χ0n) is 13.5. The van der Waals surface area contributed by atoms with E-state index in [1.165, 1.54) is 20.4 Å². The Hall–Kier alpha value is -3.63. The normalized spacial score (nSPS) is 10.5. The lowest BCUT2D eigenvalue weighted by molar-refractivity contribution is -0.119. The van der Waals surface area contributed by atoms with Crippen LogP contribution in [0.5, 0.6) is 11.5 Å². The summed E-state index contributed by atoms with van der Waals surface area (Å²) < 4.78 is 10.3. The minimum absolute atomic E-state index is 0.187. The van der Waals surface area contributed by atoms with Crippen molar-refractivity contribution in [2.45, 2.75) is 0 Å². The van der Waals surface area contributed by atoms with E-state index in [2.05, 4.69) is 20.9 Å². The molecular weight excluding hydrogens is 332 g/mol. The first-order valence-electron chi connectivity index (χ1n) is 7.00. The molecule has 0 spiro atoms. The molecule has 0 bridgehead atoms. The van der Waals surface area contributed by atoms with Gasteiger partial charge in [0.1, 0.15) is 11.5 Å². The third-order valence-electron chi connectivity index (χ3n) is 2.96. The number of anilines is 1. The lowest BCUT2D eigenvalue weighted by Gasteiger charge is -2.07. The second-order valence-electron chi connectivity index (χ2n) is 4.61. The number of methoxy groups -OCH3 is 2. The maximum Gasteiger partial charge on any atom is 0.342 e. The van der Waals surface area contributed by atoms with Gasteiger partial charge in [0.15, 0.2) is 0 Å². The number of ether oxygens (including phenoxy) is 2. The lowest BCUT2D eigenvalue weighted by Crippen LogP contribution is -2.31. The highest BCUT2D eigenvalue weighted by Crippen LogP contribution is 2.22.